The molecule has 1 fully saturated rings. The fourth-order valence-corrected chi connectivity index (χ4v) is 2.86. The molecule has 0 aliphatic carbocycles. The van der Waals surface area contributed by atoms with Crippen LogP contribution in [0.5, 0.6) is 11.5 Å². The van der Waals surface area contributed by atoms with Gasteiger partial charge in [-0.2, -0.15) is 0 Å². The molecule has 0 unspecified atom stereocenters. The maximum Gasteiger partial charge on any atom is 0.260 e. The van der Waals surface area contributed by atoms with Gasteiger partial charge in [-0.1, -0.05) is 12.1 Å². The van der Waals surface area contributed by atoms with E-state index < -0.39 is 0 Å². The quantitative estimate of drug-likeness (QED) is 0.849. The van der Waals surface area contributed by atoms with Crippen LogP contribution >= 0.6 is 0 Å². The second-order valence-corrected chi connectivity index (χ2v) is 5.37. The van der Waals surface area contributed by atoms with Gasteiger partial charge in [0, 0.05) is 12.1 Å². The van der Waals surface area contributed by atoms with Crippen LogP contribution in [0.1, 0.15) is 33.1 Å². The van der Waals surface area contributed by atoms with Crippen LogP contribution in [0.25, 0.3) is 0 Å². The van der Waals surface area contributed by atoms with Crippen LogP contribution in [-0.4, -0.2) is 36.6 Å². The van der Waals surface area contributed by atoms with Crippen LogP contribution < -0.4 is 9.47 Å². The van der Waals surface area contributed by atoms with Gasteiger partial charge in [0.25, 0.3) is 5.91 Å². The fourth-order valence-electron chi connectivity index (χ4n) is 2.86. The molecule has 1 heterocycles. The lowest BCUT2D eigenvalue weighted by atomic mass is 9.97. The van der Waals surface area contributed by atoms with Crippen molar-refractivity contribution in [2.24, 2.45) is 0 Å². The van der Waals surface area contributed by atoms with Gasteiger partial charge in [-0.25, -0.2) is 0 Å². The van der Waals surface area contributed by atoms with Crippen LogP contribution in [0.3, 0.4) is 0 Å². The Bertz CT molecular complexity index is 451. The normalized spacial score (nSPS) is 22.4. The number of piperidine rings is 1. The van der Waals surface area contributed by atoms with Crippen molar-refractivity contribution >= 4 is 5.91 Å². The molecule has 2 atom stereocenters. The molecule has 0 spiro atoms. The summed E-state index contributed by atoms with van der Waals surface area (Å²) in [6.45, 7) is 4.28. The number of amides is 1. The van der Waals surface area contributed by atoms with E-state index in [1.807, 2.05) is 29.2 Å². The number of hydrogen-bond acceptors (Lipinski definition) is 3. The highest BCUT2D eigenvalue weighted by molar-refractivity contribution is 5.78. The van der Waals surface area contributed by atoms with Gasteiger partial charge in [0.05, 0.1) is 7.11 Å². The lowest BCUT2D eigenvalue weighted by molar-refractivity contribution is -0.139. The first kappa shape index (κ1) is 14.7. The number of carbonyl (C=O) groups excluding carboxylic acids is 1. The summed E-state index contributed by atoms with van der Waals surface area (Å²) in [5.74, 6) is 1.32. The average Bonchev–Trinajstić information content (AvgIpc) is 2.45. The van der Waals surface area contributed by atoms with E-state index in [-0.39, 0.29) is 12.5 Å². The monoisotopic (exact) mass is 277 g/mol. The summed E-state index contributed by atoms with van der Waals surface area (Å²) in [5, 5.41) is 0. The van der Waals surface area contributed by atoms with E-state index in [1.165, 1.54) is 6.42 Å². The predicted molar refractivity (Wildman–Crippen MR) is 78.1 cm³/mol. The highest BCUT2D eigenvalue weighted by Crippen LogP contribution is 2.27. The topological polar surface area (TPSA) is 38.8 Å². The molecule has 0 aromatic heterocycles. The van der Waals surface area contributed by atoms with Gasteiger partial charge in [-0.3, -0.25) is 4.79 Å². The number of likely N-dealkylation sites (tertiary alicyclic amines) is 1. The third-order valence-electron chi connectivity index (χ3n) is 3.90. The number of hydrogen-bond donors (Lipinski definition) is 0. The molecule has 4 heteroatoms. The number of methoxy groups -OCH3 is 1. The third kappa shape index (κ3) is 3.24. The number of para-hydroxylation sites is 2. The average molecular weight is 277 g/mol. The Morgan fingerprint density at radius 2 is 1.80 bits per heavy atom. The standard InChI is InChI=1S/C16H23NO3/c1-12-7-6-8-13(2)17(12)16(18)11-20-15-10-5-4-9-14(15)19-3/h4-5,9-10,12-13H,6-8,11H2,1-3H3/t12-,13-/m0/s1. The molecular weight excluding hydrogens is 254 g/mol. The van der Waals surface area contributed by atoms with Crippen molar-refractivity contribution in [3.63, 3.8) is 0 Å². The zero-order valence-electron chi connectivity index (χ0n) is 12.5. The summed E-state index contributed by atoms with van der Waals surface area (Å²) in [7, 11) is 1.60. The maximum atomic E-state index is 12.4. The van der Waals surface area contributed by atoms with Crippen LogP contribution in [0.15, 0.2) is 24.3 Å². The number of ether oxygens (including phenoxy) is 2. The van der Waals surface area contributed by atoms with Crippen molar-refractivity contribution in [1.29, 1.82) is 0 Å². The van der Waals surface area contributed by atoms with E-state index in [0.29, 0.717) is 23.6 Å². The minimum atomic E-state index is 0.0515. The number of carbonyl (C=O) groups is 1. The molecule has 0 N–H and O–H groups in total. The highest BCUT2D eigenvalue weighted by atomic mass is 16.5. The van der Waals surface area contributed by atoms with E-state index in [1.54, 1.807) is 7.11 Å². The molecule has 1 aromatic carbocycles. The molecule has 20 heavy (non-hydrogen) atoms. The zero-order valence-corrected chi connectivity index (χ0v) is 12.5. The molecule has 1 aromatic rings. The number of benzene rings is 1. The van der Waals surface area contributed by atoms with Crippen LogP contribution in [0, 0.1) is 0 Å². The molecule has 0 saturated carbocycles. The van der Waals surface area contributed by atoms with Gasteiger partial charge in [-0.05, 0) is 45.2 Å². The van der Waals surface area contributed by atoms with Crippen LogP contribution in [-0.2, 0) is 4.79 Å². The Morgan fingerprint density at radius 3 is 2.40 bits per heavy atom. The third-order valence-corrected chi connectivity index (χ3v) is 3.90. The Kier molecular flexibility index (Phi) is 4.88. The molecular formula is C16H23NO3. The summed E-state index contributed by atoms with van der Waals surface area (Å²) < 4.78 is 10.8. The minimum Gasteiger partial charge on any atom is -0.493 e. The summed E-state index contributed by atoms with van der Waals surface area (Å²) in [5.41, 5.74) is 0. The van der Waals surface area contributed by atoms with E-state index in [4.69, 9.17) is 9.47 Å². The summed E-state index contributed by atoms with van der Waals surface area (Å²) in [6, 6.07) is 7.98. The van der Waals surface area contributed by atoms with E-state index in [0.717, 1.165) is 12.8 Å². The molecule has 110 valence electrons. The van der Waals surface area contributed by atoms with E-state index in [2.05, 4.69) is 13.8 Å². The highest BCUT2D eigenvalue weighted by Gasteiger charge is 2.29. The van der Waals surface area contributed by atoms with Gasteiger partial charge in [-0.15, -0.1) is 0 Å². The van der Waals surface area contributed by atoms with Crippen molar-refractivity contribution in [2.45, 2.75) is 45.2 Å². The molecule has 2 rings (SSSR count). The molecule has 1 aliphatic rings. The molecule has 0 bridgehead atoms. The van der Waals surface area contributed by atoms with Gasteiger partial charge in [0.1, 0.15) is 0 Å². The lowest BCUT2D eigenvalue weighted by Gasteiger charge is -2.39. The Hall–Kier alpha value is -1.71. The van der Waals surface area contributed by atoms with Crippen molar-refractivity contribution in [1.82, 2.24) is 4.90 Å². The van der Waals surface area contributed by atoms with Gasteiger partial charge >= 0.3 is 0 Å². The lowest BCUT2D eigenvalue weighted by Crippen LogP contribution is -2.49. The van der Waals surface area contributed by atoms with Crippen molar-refractivity contribution in [3.8, 4) is 11.5 Å². The van der Waals surface area contributed by atoms with Crippen LogP contribution in [0.4, 0.5) is 0 Å². The minimum absolute atomic E-state index is 0.0515. The molecule has 1 saturated heterocycles. The van der Waals surface area contributed by atoms with Crippen molar-refractivity contribution < 1.29 is 14.3 Å². The summed E-state index contributed by atoms with van der Waals surface area (Å²) in [4.78, 5) is 14.3. The maximum absolute atomic E-state index is 12.4. The first-order valence-electron chi connectivity index (χ1n) is 7.20. The molecule has 1 aliphatic heterocycles. The molecule has 4 nitrogen and oxygen atoms in total. The molecule has 1 amide bonds. The first-order valence-corrected chi connectivity index (χ1v) is 7.20. The first-order chi connectivity index (χ1) is 9.63. The zero-order chi connectivity index (χ0) is 14.5. The predicted octanol–water partition coefficient (Wildman–Crippen LogP) is 2.86. The second-order valence-electron chi connectivity index (χ2n) is 5.37. The summed E-state index contributed by atoms with van der Waals surface area (Å²) >= 11 is 0. The second kappa shape index (κ2) is 6.64. The number of rotatable bonds is 4. The van der Waals surface area contributed by atoms with Gasteiger partial charge in [0.15, 0.2) is 18.1 Å². The molecule has 0 radical (unpaired) electrons. The Morgan fingerprint density at radius 1 is 1.20 bits per heavy atom. The Labute approximate surface area is 120 Å². The summed E-state index contributed by atoms with van der Waals surface area (Å²) in [6.07, 6.45) is 3.34. The SMILES string of the molecule is COc1ccccc1OCC(=O)N1[C@@H](C)CCC[C@@H]1C. The van der Waals surface area contributed by atoms with Gasteiger partial charge < -0.3 is 14.4 Å². The smallest absolute Gasteiger partial charge is 0.260 e. The van der Waals surface area contributed by atoms with Crippen molar-refractivity contribution in [3.05, 3.63) is 24.3 Å². The number of nitrogens with zero attached hydrogens (tertiary/aromatic N) is 1. The Balaban J connectivity index is 1.97. The fraction of sp³-hybridized carbons (Fsp3) is 0.562. The van der Waals surface area contributed by atoms with E-state index in [9.17, 15) is 4.79 Å². The van der Waals surface area contributed by atoms with E-state index >= 15 is 0 Å². The largest absolute Gasteiger partial charge is 0.493 e. The van der Waals surface area contributed by atoms with Crippen LogP contribution in [0.2, 0.25) is 0 Å². The van der Waals surface area contributed by atoms with Gasteiger partial charge in [0.2, 0.25) is 0 Å². The van der Waals surface area contributed by atoms with Crippen molar-refractivity contribution in [2.75, 3.05) is 13.7 Å².